The summed E-state index contributed by atoms with van der Waals surface area (Å²) >= 11 is 0. The molecule has 1 amide bonds. The minimum atomic E-state index is -4.74. The molecule has 0 heterocycles. The minimum Gasteiger partial charge on any atom is -0.481 e. The second-order valence-electron chi connectivity index (χ2n) is 6.08. The molecule has 0 bridgehead atoms. The van der Waals surface area contributed by atoms with Gasteiger partial charge in [-0.2, -0.15) is 13.2 Å². The first-order valence-corrected chi connectivity index (χ1v) is 7.22. The number of esters is 1. The summed E-state index contributed by atoms with van der Waals surface area (Å²) in [6, 6.07) is 3.03. The first-order chi connectivity index (χ1) is 11.3. The van der Waals surface area contributed by atoms with Gasteiger partial charge in [-0.05, 0) is 39.0 Å². The molecule has 0 aliphatic carbocycles. The van der Waals surface area contributed by atoms with Crippen molar-refractivity contribution in [1.29, 1.82) is 0 Å². The number of amides is 1. The summed E-state index contributed by atoms with van der Waals surface area (Å²) in [5.41, 5.74) is -1.95. The molecule has 1 aromatic rings. The minimum absolute atomic E-state index is 0.0352. The highest BCUT2D eigenvalue weighted by molar-refractivity contribution is 5.87. The summed E-state index contributed by atoms with van der Waals surface area (Å²) in [5.74, 6) is -1.36. The zero-order valence-electron chi connectivity index (χ0n) is 14.6. The molecule has 6 nitrogen and oxygen atoms in total. The van der Waals surface area contributed by atoms with Gasteiger partial charge in [0.2, 0.25) is 0 Å². The number of halogens is 3. The van der Waals surface area contributed by atoms with Crippen LogP contribution >= 0.6 is 0 Å². The number of anilines is 1. The fraction of sp³-hybridized carbons (Fsp3) is 0.500. The van der Waals surface area contributed by atoms with Crippen LogP contribution in [0.2, 0.25) is 0 Å². The van der Waals surface area contributed by atoms with E-state index in [1.165, 1.54) is 13.1 Å². The van der Waals surface area contributed by atoms with Gasteiger partial charge in [-0.15, -0.1) is 0 Å². The lowest BCUT2D eigenvalue weighted by atomic mass is 10.1. The predicted octanol–water partition coefficient (Wildman–Crippen LogP) is 3.63. The molecule has 0 aliphatic rings. The zero-order valence-corrected chi connectivity index (χ0v) is 14.6. The topological polar surface area (TPSA) is 65.1 Å². The molecule has 0 spiro atoms. The maximum absolute atomic E-state index is 13.2. The number of rotatable bonds is 4. The number of ether oxygens (including phenoxy) is 3. The molecule has 0 N–H and O–H groups in total. The zero-order chi connectivity index (χ0) is 19.4. The van der Waals surface area contributed by atoms with Gasteiger partial charge in [-0.1, -0.05) is 0 Å². The fourth-order valence-electron chi connectivity index (χ4n) is 1.71. The van der Waals surface area contributed by atoms with Crippen molar-refractivity contribution in [3.8, 4) is 5.75 Å². The van der Waals surface area contributed by atoms with Crippen LogP contribution in [0.4, 0.5) is 23.7 Å². The average molecular weight is 363 g/mol. The van der Waals surface area contributed by atoms with Crippen molar-refractivity contribution in [2.75, 3.05) is 25.7 Å². The summed E-state index contributed by atoms with van der Waals surface area (Å²) in [5, 5.41) is 0. The maximum Gasteiger partial charge on any atom is 0.420 e. The van der Waals surface area contributed by atoms with Crippen molar-refractivity contribution in [3.05, 3.63) is 23.8 Å². The second kappa shape index (κ2) is 7.62. The molecule has 0 saturated heterocycles. The van der Waals surface area contributed by atoms with Crippen molar-refractivity contribution in [2.24, 2.45) is 0 Å². The van der Waals surface area contributed by atoms with Gasteiger partial charge in [0.25, 0.3) is 0 Å². The number of nitrogens with zero attached hydrogens (tertiary/aromatic N) is 1. The summed E-state index contributed by atoms with van der Waals surface area (Å²) in [6.45, 7) is 4.26. The number of hydrogen-bond acceptors (Lipinski definition) is 5. The fourth-order valence-corrected chi connectivity index (χ4v) is 1.71. The van der Waals surface area contributed by atoms with Crippen LogP contribution in [0.5, 0.6) is 5.75 Å². The number of carbonyl (C=O) groups is 2. The lowest BCUT2D eigenvalue weighted by Crippen LogP contribution is -2.34. The molecule has 0 radical (unpaired) electrons. The molecule has 0 unspecified atom stereocenters. The van der Waals surface area contributed by atoms with E-state index in [1.807, 2.05) is 0 Å². The Balaban J connectivity index is 3.12. The second-order valence-corrected chi connectivity index (χ2v) is 6.08. The third-order valence-electron chi connectivity index (χ3n) is 2.90. The van der Waals surface area contributed by atoms with Crippen molar-refractivity contribution >= 4 is 17.7 Å². The Morgan fingerprint density at radius 2 is 1.76 bits per heavy atom. The lowest BCUT2D eigenvalue weighted by Gasteiger charge is -2.25. The molecule has 0 fully saturated rings. The molecule has 0 aromatic heterocycles. The predicted molar refractivity (Wildman–Crippen MR) is 83.6 cm³/mol. The van der Waals surface area contributed by atoms with E-state index in [4.69, 9.17) is 9.47 Å². The van der Waals surface area contributed by atoms with E-state index in [1.54, 1.807) is 20.8 Å². The third kappa shape index (κ3) is 6.17. The average Bonchev–Trinajstić information content (AvgIpc) is 2.49. The number of alkyl halides is 3. The van der Waals surface area contributed by atoms with Crippen molar-refractivity contribution < 1.29 is 37.0 Å². The lowest BCUT2D eigenvalue weighted by molar-refractivity contribution is -0.145. The number of methoxy groups -OCH3 is 1. The van der Waals surface area contributed by atoms with Crippen molar-refractivity contribution in [1.82, 2.24) is 0 Å². The van der Waals surface area contributed by atoms with Gasteiger partial charge in [-0.25, -0.2) is 9.59 Å². The van der Waals surface area contributed by atoms with Gasteiger partial charge in [-0.3, -0.25) is 4.90 Å². The number of benzene rings is 1. The van der Waals surface area contributed by atoms with E-state index in [0.29, 0.717) is 0 Å². The van der Waals surface area contributed by atoms with Gasteiger partial charge >= 0.3 is 18.2 Å². The molecular weight excluding hydrogens is 343 g/mol. The number of carbonyl (C=O) groups excluding carboxylic acids is 2. The van der Waals surface area contributed by atoms with E-state index in [0.717, 1.165) is 24.1 Å². The van der Waals surface area contributed by atoms with Crippen molar-refractivity contribution in [3.63, 3.8) is 0 Å². The molecule has 25 heavy (non-hydrogen) atoms. The van der Waals surface area contributed by atoms with E-state index in [2.05, 4.69) is 4.74 Å². The summed E-state index contributed by atoms with van der Waals surface area (Å²) in [4.78, 5) is 24.0. The van der Waals surface area contributed by atoms with E-state index in [-0.39, 0.29) is 5.69 Å². The molecule has 0 aliphatic heterocycles. The van der Waals surface area contributed by atoms with E-state index >= 15 is 0 Å². The highest BCUT2D eigenvalue weighted by atomic mass is 19.4. The molecule has 1 rings (SSSR count). The Hall–Kier alpha value is -2.45. The Bertz CT molecular complexity index is 638. The third-order valence-corrected chi connectivity index (χ3v) is 2.90. The Morgan fingerprint density at radius 3 is 2.24 bits per heavy atom. The first-order valence-electron chi connectivity index (χ1n) is 7.22. The monoisotopic (exact) mass is 363 g/mol. The van der Waals surface area contributed by atoms with Crippen LogP contribution in [0.25, 0.3) is 0 Å². The standard InChI is InChI=1S/C16H20F3NO5/c1-15(2,3)25-14(22)20(4)10-6-7-12(24-9-13(21)23-5)11(8-10)16(17,18)19/h6-8H,9H2,1-5H3. The summed E-state index contributed by atoms with van der Waals surface area (Å²) in [6.07, 6.45) is -5.54. The smallest absolute Gasteiger partial charge is 0.420 e. The molecule has 0 atom stereocenters. The molecule has 140 valence electrons. The molecular formula is C16H20F3NO5. The van der Waals surface area contributed by atoms with Gasteiger partial charge in [0.15, 0.2) is 6.61 Å². The number of hydrogen-bond donors (Lipinski definition) is 0. The Labute approximate surface area is 143 Å². The van der Waals surface area contributed by atoms with Crippen molar-refractivity contribution in [2.45, 2.75) is 32.5 Å². The quantitative estimate of drug-likeness (QED) is 0.765. The van der Waals surface area contributed by atoms with Crippen LogP contribution in [0.15, 0.2) is 18.2 Å². The summed E-state index contributed by atoms with van der Waals surface area (Å²) < 4.78 is 54.0. The van der Waals surface area contributed by atoms with E-state index < -0.39 is 41.8 Å². The van der Waals surface area contributed by atoms with Gasteiger partial charge in [0.05, 0.1) is 12.7 Å². The molecule has 1 aromatic carbocycles. The Kier molecular flexibility index (Phi) is 6.28. The first kappa shape index (κ1) is 20.6. The van der Waals surface area contributed by atoms with Crippen LogP contribution < -0.4 is 9.64 Å². The van der Waals surface area contributed by atoms with E-state index in [9.17, 15) is 22.8 Å². The Morgan fingerprint density at radius 1 is 1.16 bits per heavy atom. The van der Waals surface area contributed by atoms with Crippen LogP contribution in [0, 0.1) is 0 Å². The van der Waals surface area contributed by atoms with Crippen LogP contribution in [0.1, 0.15) is 26.3 Å². The van der Waals surface area contributed by atoms with Crippen LogP contribution in [-0.2, 0) is 20.4 Å². The van der Waals surface area contributed by atoms with Crippen LogP contribution in [-0.4, -0.2) is 38.4 Å². The normalized spacial score (nSPS) is 11.7. The van der Waals surface area contributed by atoms with Gasteiger partial charge in [0.1, 0.15) is 11.4 Å². The van der Waals surface area contributed by atoms with Crippen LogP contribution in [0.3, 0.4) is 0 Å². The highest BCUT2D eigenvalue weighted by Crippen LogP contribution is 2.38. The maximum atomic E-state index is 13.2. The van der Waals surface area contributed by atoms with Gasteiger partial charge in [0, 0.05) is 12.7 Å². The molecule has 9 heteroatoms. The summed E-state index contributed by atoms with van der Waals surface area (Å²) in [7, 11) is 2.38. The largest absolute Gasteiger partial charge is 0.481 e. The molecule has 0 saturated carbocycles. The SMILES string of the molecule is COC(=O)COc1ccc(N(C)C(=O)OC(C)(C)C)cc1C(F)(F)F. The highest BCUT2D eigenvalue weighted by Gasteiger charge is 2.35. The van der Waals surface area contributed by atoms with Gasteiger partial charge < -0.3 is 14.2 Å².